The first kappa shape index (κ1) is 26.9. The first-order chi connectivity index (χ1) is 14.8. The summed E-state index contributed by atoms with van der Waals surface area (Å²) >= 11 is 0. The van der Waals surface area contributed by atoms with Crippen molar-refractivity contribution in [1.82, 2.24) is 15.5 Å². The van der Waals surface area contributed by atoms with Gasteiger partial charge in [-0.25, -0.2) is 4.79 Å². The van der Waals surface area contributed by atoms with Crippen LogP contribution in [0.1, 0.15) is 57.4 Å². The monoisotopic (exact) mass is 449 g/mol. The van der Waals surface area contributed by atoms with Crippen LogP contribution < -0.4 is 10.6 Å². The van der Waals surface area contributed by atoms with Crippen LogP contribution in [-0.4, -0.2) is 60.6 Å². The Morgan fingerprint density at radius 1 is 1.00 bits per heavy atom. The van der Waals surface area contributed by atoms with Gasteiger partial charge in [-0.05, 0) is 65.2 Å². The lowest BCUT2D eigenvalue weighted by molar-refractivity contribution is -0.144. The number of esters is 1. The van der Waals surface area contributed by atoms with E-state index in [0.717, 1.165) is 11.1 Å². The van der Waals surface area contributed by atoms with E-state index in [2.05, 4.69) is 15.4 Å². The standard InChI is InChI=1S/C23H35N3O6/c1-14(2)26(17(27)12-25-22(30)32-23(5,6)7)20(21(29)24-13-18(28)31-8)19-15(3)10-9-11-16(19)4/h9-11,14,20H,12-13H2,1-8H3,(H,24,29)(H,25,30). The van der Waals surface area contributed by atoms with Gasteiger partial charge in [-0.15, -0.1) is 0 Å². The van der Waals surface area contributed by atoms with Gasteiger partial charge in [-0.2, -0.15) is 0 Å². The lowest BCUT2D eigenvalue weighted by Gasteiger charge is -2.36. The van der Waals surface area contributed by atoms with E-state index in [0.29, 0.717) is 5.56 Å². The van der Waals surface area contributed by atoms with Gasteiger partial charge >= 0.3 is 12.1 Å². The minimum absolute atomic E-state index is 0.326. The van der Waals surface area contributed by atoms with Gasteiger partial charge in [0, 0.05) is 6.04 Å². The third kappa shape index (κ3) is 7.86. The largest absolute Gasteiger partial charge is 0.468 e. The molecule has 0 saturated heterocycles. The van der Waals surface area contributed by atoms with Gasteiger partial charge < -0.3 is 25.0 Å². The van der Waals surface area contributed by atoms with Crippen molar-refractivity contribution in [1.29, 1.82) is 0 Å². The SMILES string of the molecule is COC(=O)CNC(=O)C(c1c(C)cccc1C)N(C(=O)CNC(=O)OC(C)(C)C)C(C)C. The molecular formula is C23H35N3O6. The highest BCUT2D eigenvalue weighted by atomic mass is 16.6. The maximum Gasteiger partial charge on any atom is 0.408 e. The van der Waals surface area contributed by atoms with Crippen LogP contribution in [0.15, 0.2) is 18.2 Å². The molecule has 1 rings (SSSR count). The molecule has 0 radical (unpaired) electrons. The molecule has 1 aromatic rings. The van der Waals surface area contributed by atoms with Gasteiger partial charge in [0.25, 0.3) is 0 Å². The molecule has 9 heteroatoms. The Balaban J connectivity index is 3.27. The zero-order valence-corrected chi connectivity index (χ0v) is 20.2. The highest BCUT2D eigenvalue weighted by Crippen LogP contribution is 2.29. The Hall–Kier alpha value is -3.10. The first-order valence-electron chi connectivity index (χ1n) is 10.5. The molecular weight excluding hydrogens is 414 g/mol. The molecule has 0 aromatic heterocycles. The van der Waals surface area contributed by atoms with E-state index in [1.807, 2.05) is 32.0 Å². The van der Waals surface area contributed by atoms with E-state index >= 15 is 0 Å². The fraction of sp³-hybridized carbons (Fsp3) is 0.565. The topological polar surface area (TPSA) is 114 Å². The molecule has 0 saturated carbocycles. The smallest absolute Gasteiger partial charge is 0.408 e. The Morgan fingerprint density at radius 2 is 1.56 bits per heavy atom. The van der Waals surface area contributed by atoms with Crippen molar-refractivity contribution in [2.45, 2.75) is 66.2 Å². The highest BCUT2D eigenvalue weighted by Gasteiger charge is 2.35. The molecule has 0 aliphatic carbocycles. The minimum Gasteiger partial charge on any atom is -0.468 e. The third-order valence-electron chi connectivity index (χ3n) is 4.60. The Labute approximate surface area is 189 Å². The molecule has 1 unspecified atom stereocenters. The van der Waals surface area contributed by atoms with Crippen LogP contribution in [0.4, 0.5) is 4.79 Å². The van der Waals surface area contributed by atoms with E-state index in [1.165, 1.54) is 12.0 Å². The van der Waals surface area contributed by atoms with Crippen LogP contribution in [0, 0.1) is 13.8 Å². The molecule has 1 aromatic carbocycles. The number of ether oxygens (including phenoxy) is 2. The number of hydrogen-bond acceptors (Lipinski definition) is 6. The van der Waals surface area contributed by atoms with Gasteiger partial charge in [0.05, 0.1) is 7.11 Å². The number of carbonyl (C=O) groups is 4. The van der Waals surface area contributed by atoms with E-state index in [-0.39, 0.29) is 19.1 Å². The van der Waals surface area contributed by atoms with Gasteiger partial charge in [-0.1, -0.05) is 18.2 Å². The van der Waals surface area contributed by atoms with E-state index in [9.17, 15) is 19.2 Å². The average Bonchev–Trinajstić information content (AvgIpc) is 2.67. The average molecular weight is 450 g/mol. The number of aryl methyl sites for hydroxylation is 2. The van der Waals surface area contributed by atoms with Crippen LogP contribution >= 0.6 is 0 Å². The summed E-state index contributed by atoms with van der Waals surface area (Å²) in [6.07, 6.45) is -0.728. The molecule has 0 heterocycles. The van der Waals surface area contributed by atoms with Crippen molar-refractivity contribution in [3.05, 3.63) is 34.9 Å². The lowest BCUT2D eigenvalue weighted by atomic mass is 9.93. The fourth-order valence-corrected chi connectivity index (χ4v) is 3.27. The maximum atomic E-state index is 13.2. The second kappa shape index (κ2) is 11.5. The summed E-state index contributed by atoms with van der Waals surface area (Å²) in [4.78, 5) is 51.4. The quantitative estimate of drug-likeness (QED) is 0.589. The Kier molecular flexibility index (Phi) is 9.68. The Morgan fingerprint density at radius 3 is 2.03 bits per heavy atom. The molecule has 178 valence electrons. The predicted octanol–water partition coefficient (Wildman–Crippen LogP) is 2.40. The fourth-order valence-electron chi connectivity index (χ4n) is 3.27. The second-order valence-electron chi connectivity index (χ2n) is 8.75. The molecule has 9 nitrogen and oxygen atoms in total. The number of methoxy groups -OCH3 is 1. The summed E-state index contributed by atoms with van der Waals surface area (Å²) in [7, 11) is 1.23. The van der Waals surface area contributed by atoms with E-state index in [4.69, 9.17) is 4.74 Å². The summed E-state index contributed by atoms with van der Waals surface area (Å²) in [6, 6.07) is 4.18. The van der Waals surface area contributed by atoms with Crippen molar-refractivity contribution in [2.24, 2.45) is 0 Å². The maximum absolute atomic E-state index is 13.2. The number of rotatable bonds is 8. The molecule has 0 spiro atoms. The number of amides is 3. The van der Waals surface area contributed by atoms with Crippen LogP contribution in [0.5, 0.6) is 0 Å². The number of alkyl carbamates (subject to hydrolysis) is 1. The molecule has 32 heavy (non-hydrogen) atoms. The summed E-state index contributed by atoms with van der Waals surface area (Å²) in [5, 5.41) is 5.00. The Bertz CT molecular complexity index is 824. The summed E-state index contributed by atoms with van der Waals surface area (Å²) in [6.45, 7) is 11.7. The van der Waals surface area contributed by atoms with Gasteiger partial charge in [0.2, 0.25) is 11.8 Å². The number of benzene rings is 1. The number of nitrogens with zero attached hydrogens (tertiary/aromatic N) is 1. The second-order valence-corrected chi connectivity index (χ2v) is 8.75. The number of nitrogens with one attached hydrogen (secondary N) is 2. The normalized spacial score (nSPS) is 12.0. The van der Waals surface area contributed by atoms with Crippen molar-refractivity contribution in [2.75, 3.05) is 20.2 Å². The zero-order valence-electron chi connectivity index (χ0n) is 20.2. The molecule has 0 aliphatic heterocycles. The third-order valence-corrected chi connectivity index (χ3v) is 4.60. The van der Waals surface area contributed by atoms with Gasteiger partial charge in [0.1, 0.15) is 24.7 Å². The molecule has 2 N–H and O–H groups in total. The van der Waals surface area contributed by atoms with Crippen molar-refractivity contribution in [3.8, 4) is 0 Å². The first-order valence-corrected chi connectivity index (χ1v) is 10.5. The number of hydrogen-bond donors (Lipinski definition) is 2. The van der Waals surface area contributed by atoms with Crippen LogP contribution in [0.3, 0.4) is 0 Å². The van der Waals surface area contributed by atoms with Gasteiger partial charge in [-0.3, -0.25) is 14.4 Å². The van der Waals surface area contributed by atoms with Crippen molar-refractivity contribution < 1.29 is 28.7 Å². The molecule has 0 fully saturated rings. The molecule has 3 amide bonds. The summed E-state index contributed by atoms with van der Waals surface area (Å²) in [5.74, 6) is -1.59. The van der Waals surface area contributed by atoms with Crippen molar-refractivity contribution in [3.63, 3.8) is 0 Å². The minimum atomic E-state index is -1.01. The lowest BCUT2D eigenvalue weighted by Crippen LogP contribution is -2.51. The van der Waals surface area contributed by atoms with Crippen LogP contribution in [0.2, 0.25) is 0 Å². The van der Waals surface area contributed by atoms with Crippen LogP contribution in [-0.2, 0) is 23.9 Å². The molecule has 0 bridgehead atoms. The van der Waals surface area contributed by atoms with E-state index in [1.54, 1.807) is 34.6 Å². The summed E-state index contributed by atoms with van der Waals surface area (Å²) in [5.41, 5.74) is 1.59. The molecule has 0 aliphatic rings. The van der Waals surface area contributed by atoms with E-state index < -0.39 is 35.5 Å². The number of carbonyl (C=O) groups excluding carboxylic acids is 4. The van der Waals surface area contributed by atoms with Crippen molar-refractivity contribution >= 4 is 23.9 Å². The predicted molar refractivity (Wildman–Crippen MR) is 120 cm³/mol. The molecule has 1 atom stereocenters. The summed E-state index contributed by atoms with van der Waals surface area (Å²) < 4.78 is 9.78. The highest BCUT2D eigenvalue weighted by molar-refractivity contribution is 5.92. The zero-order chi connectivity index (χ0) is 24.6. The van der Waals surface area contributed by atoms with Gasteiger partial charge in [0.15, 0.2) is 0 Å². The van der Waals surface area contributed by atoms with Crippen LogP contribution in [0.25, 0.3) is 0 Å².